The van der Waals surface area contributed by atoms with E-state index in [1.165, 1.54) is 44.1 Å². The average Bonchev–Trinajstić information content (AvgIpc) is 2.75. The second-order valence-corrected chi connectivity index (χ2v) is 4.72. The van der Waals surface area contributed by atoms with Gasteiger partial charge in [0.2, 0.25) is 7.41 Å². The van der Waals surface area contributed by atoms with E-state index in [2.05, 4.69) is 49.5 Å². The molecule has 0 aliphatic carbocycles. The molecule has 1 aromatic rings. The zero-order valence-electron chi connectivity index (χ0n) is 10.2. The smallest absolute Gasteiger partial charge is 0.247 e. The quantitative estimate of drug-likeness (QED) is 0.681. The van der Waals surface area contributed by atoms with E-state index in [0.717, 1.165) is 6.04 Å². The number of rotatable bonds is 5. The van der Waals surface area contributed by atoms with Crippen LogP contribution in [0.4, 0.5) is 0 Å². The van der Waals surface area contributed by atoms with E-state index in [-0.39, 0.29) is 0 Å². The highest BCUT2D eigenvalue weighted by atomic mass is 15.1. The maximum atomic E-state index is 2.55. The number of hydrogen-bond acceptors (Lipinski definition) is 1. The van der Waals surface area contributed by atoms with Gasteiger partial charge in [0.15, 0.2) is 0 Å². The Labute approximate surface area is 100 Å². The van der Waals surface area contributed by atoms with Crippen molar-refractivity contribution in [3.63, 3.8) is 0 Å². The Morgan fingerprint density at radius 3 is 2.88 bits per heavy atom. The highest BCUT2D eigenvalue weighted by Gasteiger charge is 2.24. The van der Waals surface area contributed by atoms with E-state index >= 15 is 0 Å². The molecule has 1 atom stereocenters. The van der Waals surface area contributed by atoms with Crippen molar-refractivity contribution in [3.8, 4) is 0 Å². The summed E-state index contributed by atoms with van der Waals surface area (Å²) in [6, 6.07) is 11.5. The maximum absolute atomic E-state index is 2.55. The monoisotopic (exact) mass is 214 g/mol. The van der Waals surface area contributed by atoms with Crippen LogP contribution in [0.15, 0.2) is 30.3 Å². The average molecular weight is 214 g/mol. The van der Waals surface area contributed by atoms with E-state index < -0.39 is 0 Å². The molecule has 1 aromatic carbocycles. The number of unbranched alkanes of at least 4 members (excludes halogenated alkanes) is 1. The van der Waals surface area contributed by atoms with Crippen molar-refractivity contribution in [3.05, 3.63) is 30.3 Å². The van der Waals surface area contributed by atoms with Crippen molar-refractivity contribution >= 4 is 12.9 Å². The first-order valence-corrected chi connectivity index (χ1v) is 6.56. The minimum atomic E-state index is 0.792. The highest BCUT2D eigenvalue weighted by Crippen LogP contribution is 2.20. The Morgan fingerprint density at radius 1 is 1.31 bits per heavy atom. The lowest BCUT2D eigenvalue weighted by Crippen LogP contribution is -2.39. The van der Waals surface area contributed by atoms with Crippen LogP contribution in [0.25, 0.3) is 0 Å². The molecule has 85 valence electrons. The highest BCUT2D eigenvalue weighted by molar-refractivity contribution is 6.50. The van der Waals surface area contributed by atoms with E-state index in [4.69, 9.17) is 0 Å². The lowest BCUT2D eigenvalue weighted by atomic mass is 9.79. The number of nitrogens with zero attached hydrogens (tertiary/aromatic N) is 1. The molecule has 0 amide bonds. The van der Waals surface area contributed by atoms with Crippen LogP contribution in [0.1, 0.15) is 39.0 Å². The third-order valence-corrected chi connectivity index (χ3v) is 3.43. The van der Waals surface area contributed by atoms with E-state index in [1.54, 1.807) is 0 Å². The van der Waals surface area contributed by atoms with Crippen LogP contribution in [-0.4, -0.2) is 24.8 Å². The fraction of sp³-hybridized carbons (Fsp3) is 0.571. The van der Waals surface area contributed by atoms with Crippen molar-refractivity contribution in [2.45, 2.75) is 45.1 Å². The molecule has 1 nitrogen and oxygen atoms in total. The standard InChI is InChI=1S/C14H21BN/c1-2-3-10-14-11-7-12-16(14)15-13-8-5-4-6-9-13/h4-6,8-9,14H,2-3,7,10-12H2,1H3. The van der Waals surface area contributed by atoms with Gasteiger partial charge in [-0.15, -0.1) is 0 Å². The molecule has 0 saturated carbocycles. The van der Waals surface area contributed by atoms with Gasteiger partial charge in [-0.2, -0.15) is 0 Å². The summed E-state index contributed by atoms with van der Waals surface area (Å²) in [5.74, 6) is 0. The van der Waals surface area contributed by atoms with Gasteiger partial charge in [-0.3, -0.25) is 0 Å². The van der Waals surface area contributed by atoms with Crippen LogP contribution in [0.2, 0.25) is 0 Å². The number of hydrogen-bond donors (Lipinski definition) is 0. The van der Waals surface area contributed by atoms with Crippen LogP contribution in [0, 0.1) is 0 Å². The van der Waals surface area contributed by atoms with Crippen molar-refractivity contribution in [1.82, 2.24) is 4.81 Å². The number of benzene rings is 1. The molecule has 1 aliphatic heterocycles. The Hall–Kier alpha value is -0.755. The predicted octanol–water partition coefficient (Wildman–Crippen LogP) is 2.59. The van der Waals surface area contributed by atoms with Crippen molar-refractivity contribution in [1.29, 1.82) is 0 Å². The molecule has 2 heteroatoms. The molecule has 0 bridgehead atoms. The topological polar surface area (TPSA) is 3.24 Å². The third-order valence-electron chi connectivity index (χ3n) is 3.43. The van der Waals surface area contributed by atoms with E-state index in [9.17, 15) is 0 Å². The molecule has 2 rings (SSSR count). The van der Waals surface area contributed by atoms with Gasteiger partial charge in [-0.05, 0) is 31.8 Å². The molecular weight excluding hydrogens is 193 g/mol. The normalized spacial score (nSPS) is 21.2. The van der Waals surface area contributed by atoms with Crippen molar-refractivity contribution in [2.24, 2.45) is 0 Å². The van der Waals surface area contributed by atoms with E-state index in [1.807, 2.05) is 0 Å². The van der Waals surface area contributed by atoms with Gasteiger partial charge in [-0.1, -0.05) is 55.6 Å². The minimum Gasteiger partial charge on any atom is -0.340 e. The fourth-order valence-corrected chi connectivity index (χ4v) is 2.51. The molecule has 1 heterocycles. The van der Waals surface area contributed by atoms with Crippen LogP contribution in [-0.2, 0) is 0 Å². The summed E-state index contributed by atoms with van der Waals surface area (Å²) in [4.78, 5) is 2.55. The Bertz CT molecular complexity index is 299. The zero-order valence-corrected chi connectivity index (χ0v) is 10.2. The van der Waals surface area contributed by atoms with Crippen molar-refractivity contribution < 1.29 is 0 Å². The summed E-state index contributed by atoms with van der Waals surface area (Å²) in [7, 11) is 2.34. The summed E-state index contributed by atoms with van der Waals surface area (Å²) >= 11 is 0. The maximum Gasteiger partial charge on any atom is 0.247 e. The van der Waals surface area contributed by atoms with Gasteiger partial charge in [0, 0.05) is 0 Å². The van der Waals surface area contributed by atoms with Gasteiger partial charge in [-0.25, -0.2) is 0 Å². The van der Waals surface area contributed by atoms with Gasteiger partial charge in [0.05, 0.1) is 0 Å². The van der Waals surface area contributed by atoms with Crippen LogP contribution in [0.5, 0.6) is 0 Å². The van der Waals surface area contributed by atoms with Gasteiger partial charge < -0.3 is 4.81 Å². The Balaban J connectivity index is 1.88. The molecule has 1 radical (unpaired) electrons. The summed E-state index contributed by atoms with van der Waals surface area (Å²) in [6.07, 6.45) is 6.78. The molecular formula is C14H21BN. The Morgan fingerprint density at radius 2 is 2.12 bits per heavy atom. The molecule has 16 heavy (non-hydrogen) atoms. The molecule has 0 aromatic heterocycles. The molecule has 0 N–H and O–H groups in total. The third kappa shape index (κ3) is 3.12. The molecule has 0 spiro atoms. The van der Waals surface area contributed by atoms with Crippen LogP contribution >= 0.6 is 0 Å². The first-order valence-electron chi connectivity index (χ1n) is 6.56. The second-order valence-electron chi connectivity index (χ2n) is 4.72. The molecule has 1 fully saturated rings. The molecule has 1 saturated heterocycles. The summed E-state index contributed by atoms with van der Waals surface area (Å²) in [5, 5.41) is 0. The fourth-order valence-electron chi connectivity index (χ4n) is 2.51. The van der Waals surface area contributed by atoms with Crippen LogP contribution < -0.4 is 5.46 Å². The summed E-state index contributed by atoms with van der Waals surface area (Å²) in [5.41, 5.74) is 1.34. The minimum absolute atomic E-state index is 0.792. The largest absolute Gasteiger partial charge is 0.340 e. The van der Waals surface area contributed by atoms with Gasteiger partial charge in [0.1, 0.15) is 0 Å². The molecule has 1 unspecified atom stereocenters. The van der Waals surface area contributed by atoms with E-state index in [0.29, 0.717) is 0 Å². The summed E-state index contributed by atoms with van der Waals surface area (Å²) in [6.45, 7) is 3.52. The predicted molar refractivity (Wildman–Crippen MR) is 71.1 cm³/mol. The van der Waals surface area contributed by atoms with Crippen LogP contribution in [0.3, 0.4) is 0 Å². The zero-order chi connectivity index (χ0) is 11.2. The first-order chi connectivity index (χ1) is 7.90. The lowest BCUT2D eigenvalue weighted by Gasteiger charge is -2.23. The van der Waals surface area contributed by atoms with Gasteiger partial charge >= 0.3 is 0 Å². The lowest BCUT2D eigenvalue weighted by molar-refractivity contribution is 0.382. The Kier molecular flexibility index (Phi) is 4.47. The summed E-state index contributed by atoms with van der Waals surface area (Å²) < 4.78 is 0. The van der Waals surface area contributed by atoms with Gasteiger partial charge in [0.25, 0.3) is 0 Å². The first kappa shape index (κ1) is 11.7. The van der Waals surface area contributed by atoms with Crippen molar-refractivity contribution in [2.75, 3.05) is 6.54 Å². The molecule has 1 aliphatic rings. The second kappa shape index (κ2) is 6.10. The SMILES string of the molecule is CCCCC1CCCN1[B]c1ccccc1.